The number of piperidine rings is 1. The number of aromatic nitrogens is 2. The van der Waals surface area contributed by atoms with Crippen molar-refractivity contribution >= 4 is 5.91 Å². The number of amides is 1. The summed E-state index contributed by atoms with van der Waals surface area (Å²) in [6, 6.07) is 18.4. The molecule has 3 aromatic rings. The van der Waals surface area contributed by atoms with E-state index in [4.69, 9.17) is 9.72 Å². The fourth-order valence-electron chi connectivity index (χ4n) is 4.31. The highest BCUT2D eigenvalue weighted by Gasteiger charge is 2.27. The average molecular weight is 445 g/mol. The molecule has 1 N–H and O–H groups in total. The first-order chi connectivity index (χ1) is 16.1. The van der Waals surface area contributed by atoms with Gasteiger partial charge in [-0.2, -0.15) is 0 Å². The van der Waals surface area contributed by atoms with Crippen molar-refractivity contribution in [3.63, 3.8) is 0 Å². The molecule has 1 aromatic heterocycles. The molecule has 33 heavy (non-hydrogen) atoms. The molecule has 2 aromatic carbocycles. The molecule has 0 saturated carbocycles. The molecule has 0 radical (unpaired) electrons. The van der Waals surface area contributed by atoms with Crippen molar-refractivity contribution in [1.82, 2.24) is 20.2 Å². The Labute approximate surface area is 196 Å². The van der Waals surface area contributed by atoms with E-state index in [2.05, 4.69) is 27.3 Å². The lowest BCUT2D eigenvalue weighted by Crippen LogP contribution is -2.34. The molecule has 4 rings (SSSR count). The standard InChI is InChI=1S/C27H32N4O2/c1-3-33-23-14-12-22(13-15-23)19-31-16-8-7-11-25(31)26-28-18-24(20(2)30-26)27(32)29-17-21-9-5-4-6-10-21/h4-6,9-10,12-15,18,25H,3,7-8,11,16-17,19H2,1-2H3,(H,29,32). The third-order valence-corrected chi connectivity index (χ3v) is 6.07. The molecule has 0 bridgehead atoms. The number of hydrogen-bond donors (Lipinski definition) is 1. The summed E-state index contributed by atoms with van der Waals surface area (Å²) >= 11 is 0. The molecule has 0 spiro atoms. The number of ether oxygens (including phenoxy) is 1. The van der Waals surface area contributed by atoms with Crippen LogP contribution in [0, 0.1) is 6.92 Å². The van der Waals surface area contributed by atoms with Gasteiger partial charge in [-0.3, -0.25) is 9.69 Å². The Morgan fingerprint density at radius 3 is 2.61 bits per heavy atom. The first kappa shape index (κ1) is 22.9. The second kappa shape index (κ2) is 11.1. The van der Waals surface area contributed by atoms with Crippen LogP contribution in [0.5, 0.6) is 5.75 Å². The van der Waals surface area contributed by atoms with E-state index in [0.29, 0.717) is 18.7 Å². The van der Waals surface area contributed by atoms with Gasteiger partial charge in [-0.25, -0.2) is 9.97 Å². The Hall–Kier alpha value is -3.25. The van der Waals surface area contributed by atoms with Crippen molar-refractivity contribution in [3.05, 3.63) is 89.0 Å². The Morgan fingerprint density at radius 1 is 1.09 bits per heavy atom. The Bertz CT molecular complexity index is 1050. The highest BCUT2D eigenvalue weighted by Crippen LogP contribution is 2.31. The molecule has 1 aliphatic rings. The molecule has 1 amide bonds. The Balaban J connectivity index is 1.44. The average Bonchev–Trinajstić information content (AvgIpc) is 2.85. The van der Waals surface area contributed by atoms with E-state index in [-0.39, 0.29) is 11.9 Å². The Morgan fingerprint density at radius 2 is 1.88 bits per heavy atom. The van der Waals surface area contributed by atoms with Crippen molar-refractivity contribution in [2.45, 2.75) is 52.2 Å². The minimum absolute atomic E-state index is 0.141. The van der Waals surface area contributed by atoms with Crippen LogP contribution in [0.1, 0.15) is 65.2 Å². The van der Waals surface area contributed by atoms with Crippen LogP contribution in [0.4, 0.5) is 0 Å². The van der Waals surface area contributed by atoms with Crippen LogP contribution in [-0.4, -0.2) is 33.9 Å². The number of rotatable bonds is 8. The molecule has 1 atom stereocenters. The zero-order valence-electron chi connectivity index (χ0n) is 19.5. The number of carbonyl (C=O) groups excluding carboxylic acids is 1. The van der Waals surface area contributed by atoms with Gasteiger partial charge >= 0.3 is 0 Å². The van der Waals surface area contributed by atoms with Gasteiger partial charge in [-0.15, -0.1) is 0 Å². The van der Waals surface area contributed by atoms with Gasteiger partial charge in [0.2, 0.25) is 0 Å². The predicted molar refractivity (Wildman–Crippen MR) is 129 cm³/mol. The van der Waals surface area contributed by atoms with Crippen LogP contribution in [0.25, 0.3) is 0 Å². The molecule has 1 saturated heterocycles. The quantitative estimate of drug-likeness (QED) is 0.538. The van der Waals surface area contributed by atoms with Gasteiger partial charge in [0.1, 0.15) is 11.6 Å². The minimum Gasteiger partial charge on any atom is -0.494 e. The van der Waals surface area contributed by atoms with E-state index in [9.17, 15) is 4.79 Å². The first-order valence-corrected chi connectivity index (χ1v) is 11.8. The van der Waals surface area contributed by atoms with Gasteiger partial charge in [0.05, 0.1) is 23.9 Å². The highest BCUT2D eigenvalue weighted by atomic mass is 16.5. The summed E-state index contributed by atoms with van der Waals surface area (Å²) in [5.41, 5.74) is 3.56. The lowest BCUT2D eigenvalue weighted by atomic mass is 10.00. The van der Waals surface area contributed by atoms with Gasteiger partial charge in [-0.1, -0.05) is 48.9 Å². The Kier molecular flexibility index (Phi) is 7.68. The first-order valence-electron chi connectivity index (χ1n) is 11.8. The van der Waals surface area contributed by atoms with Gasteiger partial charge in [0, 0.05) is 19.3 Å². The van der Waals surface area contributed by atoms with Crippen LogP contribution in [0.15, 0.2) is 60.8 Å². The topological polar surface area (TPSA) is 67.3 Å². The van der Waals surface area contributed by atoms with Crippen LogP contribution in [0.2, 0.25) is 0 Å². The normalized spacial score (nSPS) is 16.4. The van der Waals surface area contributed by atoms with Gasteiger partial charge in [-0.05, 0) is 56.5 Å². The minimum atomic E-state index is -0.141. The SMILES string of the molecule is CCOc1ccc(CN2CCCCC2c2ncc(C(=O)NCc3ccccc3)c(C)n2)cc1. The van der Waals surface area contributed by atoms with E-state index in [0.717, 1.165) is 48.8 Å². The van der Waals surface area contributed by atoms with Gasteiger partial charge in [0.25, 0.3) is 5.91 Å². The van der Waals surface area contributed by atoms with Crippen LogP contribution in [0.3, 0.4) is 0 Å². The van der Waals surface area contributed by atoms with E-state index in [1.165, 1.54) is 12.0 Å². The molecular formula is C27H32N4O2. The van der Waals surface area contributed by atoms with Crippen molar-refractivity contribution in [3.8, 4) is 5.75 Å². The van der Waals surface area contributed by atoms with Crippen molar-refractivity contribution < 1.29 is 9.53 Å². The van der Waals surface area contributed by atoms with Crippen LogP contribution in [-0.2, 0) is 13.1 Å². The molecule has 2 heterocycles. The maximum absolute atomic E-state index is 12.7. The van der Waals surface area contributed by atoms with Crippen molar-refractivity contribution in [1.29, 1.82) is 0 Å². The summed E-state index contributed by atoms with van der Waals surface area (Å²) in [5, 5.41) is 2.97. The number of likely N-dealkylation sites (tertiary alicyclic amines) is 1. The summed E-state index contributed by atoms with van der Waals surface area (Å²) < 4.78 is 5.56. The van der Waals surface area contributed by atoms with E-state index >= 15 is 0 Å². The molecule has 172 valence electrons. The van der Waals surface area contributed by atoms with Gasteiger partial charge in [0.15, 0.2) is 0 Å². The molecule has 1 fully saturated rings. The maximum Gasteiger partial charge on any atom is 0.254 e. The molecule has 1 aliphatic heterocycles. The van der Waals surface area contributed by atoms with Crippen LogP contribution < -0.4 is 10.1 Å². The monoisotopic (exact) mass is 444 g/mol. The smallest absolute Gasteiger partial charge is 0.254 e. The lowest BCUT2D eigenvalue weighted by molar-refractivity contribution is 0.0948. The third kappa shape index (κ3) is 5.96. The predicted octanol–water partition coefficient (Wildman–Crippen LogP) is 4.84. The van der Waals surface area contributed by atoms with Crippen molar-refractivity contribution in [2.75, 3.05) is 13.2 Å². The lowest BCUT2D eigenvalue weighted by Gasteiger charge is -2.35. The van der Waals surface area contributed by atoms with E-state index < -0.39 is 0 Å². The molecule has 6 heteroatoms. The van der Waals surface area contributed by atoms with Crippen LogP contribution >= 0.6 is 0 Å². The zero-order valence-corrected chi connectivity index (χ0v) is 19.5. The van der Waals surface area contributed by atoms with E-state index in [1.807, 2.05) is 56.3 Å². The molecule has 6 nitrogen and oxygen atoms in total. The number of carbonyl (C=O) groups is 1. The zero-order chi connectivity index (χ0) is 23.0. The largest absolute Gasteiger partial charge is 0.494 e. The molecule has 0 aliphatic carbocycles. The highest BCUT2D eigenvalue weighted by molar-refractivity contribution is 5.94. The molecule has 1 unspecified atom stereocenters. The second-order valence-corrected chi connectivity index (χ2v) is 8.45. The number of benzene rings is 2. The van der Waals surface area contributed by atoms with Gasteiger partial charge < -0.3 is 10.1 Å². The third-order valence-electron chi connectivity index (χ3n) is 6.07. The fraction of sp³-hybridized carbons (Fsp3) is 0.370. The number of hydrogen-bond acceptors (Lipinski definition) is 5. The maximum atomic E-state index is 12.7. The summed E-state index contributed by atoms with van der Waals surface area (Å²) in [6.07, 6.45) is 5.04. The van der Waals surface area contributed by atoms with Crippen molar-refractivity contribution in [2.24, 2.45) is 0 Å². The summed E-state index contributed by atoms with van der Waals surface area (Å²) in [4.78, 5) is 24.5. The summed E-state index contributed by atoms with van der Waals surface area (Å²) in [6.45, 7) is 6.90. The number of nitrogens with one attached hydrogen (secondary N) is 1. The fourth-order valence-corrected chi connectivity index (χ4v) is 4.31. The summed E-state index contributed by atoms with van der Waals surface area (Å²) in [5.74, 6) is 1.56. The summed E-state index contributed by atoms with van der Waals surface area (Å²) in [7, 11) is 0. The second-order valence-electron chi connectivity index (χ2n) is 8.45. The number of aryl methyl sites for hydroxylation is 1. The number of nitrogens with zero attached hydrogens (tertiary/aromatic N) is 3. The molecular weight excluding hydrogens is 412 g/mol. The van der Waals surface area contributed by atoms with E-state index in [1.54, 1.807) is 6.20 Å².